The van der Waals surface area contributed by atoms with Crippen LogP contribution in [-0.4, -0.2) is 92.9 Å². The molecule has 0 aromatic carbocycles. The SMILES string of the molecule is CC1(C(=O)Cl)COC(=O)OC1.CC1(C(=O)O)COC(=O)OC1.CC1(C(=O)OCCCCl)COC(=O)OC1. The molecule has 210 valence electrons. The van der Waals surface area contributed by atoms with E-state index in [0.29, 0.717) is 12.3 Å². The van der Waals surface area contributed by atoms with E-state index >= 15 is 0 Å². The minimum Gasteiger partial charge on any atom is -0.481 e. The monoisotopic (exact) mass is 574 g/mol. The number of aliphatic carboxylic acids is 1. The fourth-order valence-corrected chi connectivity index (χ4v) is 2.53. The maximum absolute atomic E-state index is 11.6. The molecule has 0 atom stereocenters. The predicted molar refractivity (Wildman–Crippen MR) is 121 cm³/mol. The zero-order valence-corrected chi connectivity index (χ0v) is 21.9. The molecule has 3 aliphatic heterocycles. The zero-order valence-electron chi connectivity index (χ0n) is 20.4. The predicted octanol–water partition coefficient (Wildman–Crippen LogP) is 2.50. The summed E-state index contributed by atoms with van der Waals surface area (Å²) in [6.07, 6.45) is -1.70. The molecule has 0 amide bonds. The lowest BCUT2D eigenvalue weighted by Crippen LogP contribution is -2.44. The molecule has 0 aromatic rings. The van der Waals surface area contributed by atoms with Crippen LogP contribution < -0.4 is 0 Å². The number of alkyl halides is 1. The van der Waals surface area contributed by atoms with Crippen LogP contribution in [0.1, 0.15) is 27.2 Å². The molecule has 3 aliphatic rings. The van der Waals surface area contributed by atoms with E-state index in [1.807, 2.05) is 0 Å². The Morgan fingerprint density at radius 2 is 1.11 bits per heavy atom. The highest BCUT2D eigenvalue weighted by atomic mass is 35.5. The third-order valence-electron chi connectivity index (χ3n) is 5.05. The summed E-state index contributed by atoms with van der Waals surface area (Å²) in [5.41, 5.74) is -2.87. The van der Waals surface area contributed by atoms with Crippen LogP contribution in [0.2, 0.25) is 0 Å². The standard InChI is InChI=1S/C9H13ClO5.C6H7ClO4.C6H8O5/c1-9(5-14-8(12)15-6-9)7(11)13-4-2-3-10;2*1-6(4(7)8)2-10-5(9)11-3-6/h2-6H2,1H3;2-3H2,1H3;2-3H2,1H3,(H,7,8). The zero-order chi connectivity index (χ0) is 28.3. The van der Waals surface area contributed by atoms with Crippen LogP contribution in [0.5, 0.6) is 0 Å². The highest BCUT2D eigenvalue weighted by Crippen LogP contribution is 2.25. The lowest BCUT2D eigenvalue weighted by molar-refractivity contribution is -0.166. The average molecular weight is 575 g/mol. The van der Waals surface area contributed by atoms with Crippen LogP contribution >= 0.6 is 23.2 Å². The van der Waals surface area contributed by atoms with Gasteiger partial charge in [0.25, 0.3) is 0 Å². The molecule has 3 rings (SSSR count). The van der Waals surface area contributed by atoms with Gasteiger partial charge in [0.1, 0.15) is 55.9 Å². The van der Waals surface area contributed by atoms with Crippen molar-refractivity contribution in [3.63, 3.8) is 0 Å². The number of cyclic esters (lactones) is 6. The second-order valence-corrected chi connectivity index (χ2v) is 9.64. The smallest absolute Gasteiger partial charge is 0.481 e. The fraction of sp³-hybridized carbons (Fsp3) is 0.714. The van der Waals surface area contributed by atoms with Gasteiger partial charge in [-0.1, -0.05) is 0 Å². The van der Waals surface area contributed by atoms with E-state index in [-0.39, 0.29) is 46.2 Å². The summed E-state index contributed by atoms with van der Waals surface area (Å²) in [6.45, 7) is 4.66. The number of hydrogen-bond acceptors (Lipinski definition) is 13. The van der Waals surface area contributed by atoms with Gasteiger partial charge in [0, 0.05) is 5.88 Å². The highest BCUT2D eigenvalue weighted by Gasteiger charge is 2.42. The summed E-state index contributed by atoms with van der Waals surface area (Å²) in [6, 6.07) is 0. The molecule has 3 fully saturated rings. The first-order valence-electron chi connectivity index (χ1n) is 10.7. The molecule has 0 radical (unpaired) electrons. The molecule has 0 aromatic heterocycles. The van der Waals surface area contributed by atoms with Crippen molar-refractivity contribution in [3.8, 4) is 0 Å². The summed E-state index contributed by atoms with van der Waals surface area (Å²) in [5.74, 6) is -1.01. The number of carbonyl (C=O) groups excluding carboxylic acids is 5. The van der Waals surface area contributed by atoms with Crippen LogP contribution in [0.3, 0.4) is 0 Å². The minimum atomic E-state index is -1.09. The van der Waals surface area contributed by atoms with Crippen molar-refractivity contribution < 1.29 is 67.0 Å². The molecular formula is C21H28Cl2O14. The topological polar surface area (TPSA) is 187 Å². The molecule has 37 heavy (non-hydrogen) atoms. The maximum Gasteiger partial charge on any atom is 0.508 e. The average Bonchev–Trinajstić information content (AvgIpc) is 2.85. The Morgan fingerprint density at radius 3 is 1.43 bits per heavy atom. The summed E-state index contributed by atoms with van der Waals surface area (Å²) < 4.78 is 32.0. The molecule has 0 aliphatic carbocycles. The van der Waals surface area contributed by atoms with Crippen molar-refractivity contribution >= 4 is 58.8 Å². The highest BCUT2D eigenvalue weighted by molar-refractivity contribution is 6.64. The molecule has 1 N–H and O–H groups in total. The van der Waals surface area contributed by atoms with Crippen molar-refractivity contribution in [2.24, 2.45) is 16.2 Å². The molecule has 14 nitrogen and oxygen atoms in total. The Bertz CT molecular complexity index is 799. The fourth-order valence-electron chi connectivity index (χ4n) is 2.31. The van der Waals surface area contributed by atoms with Gasteiger partial charge in [-0.05, 0) is 38.8 Å². The van der Waals surface area contributed by atoms with Crippen molar-refractivity contribution in [2.75, 3.05) is 52.1 Å². The number of hydrogen-bond donors (Lipinski definition) is 1. The number of halogens is 2. The van der Waals surface area contributed by atoms with Crippen LogP contribution in [0, 0.1) is 16.2 Å². The number of rotatable bonds is 6. The van der Waals surface area contributed by atoms with E-state index in [4.69, 9.17) is 33.0 Å². The minimum absolute atomic E-state index is 0.00579. The van der Waals surface area contributed by atoms with E-state index in [2.05, 4.69) is 28.4 Å². The second-order valence-electron chi connectivity index (χ2n) is 8.92. The van der Waals surface area contributed by atoms with Crippen LogP contribution in [-0.2, 0) is 47.5 Å². The largest absolute Gasteiger partial charge is 0.508 e. The Hall–Kier alpha value is -3.00. The van der Waals surface area contributed by atoms with Crippen LogP contribution in [0.4, 0.5) is 14.4 Å². The lowest BCUT2D eigenvalue weighted by atomic mass is 9.93. The van der Waals surface area contributed by atoms with Gasteiger partial charge in [0.05, 0.1) is 6.61 Å². The Labute approximate surface area is 221 Å². The number of carbonyl (C=O) groups is 6. The number of ether oxygens (including phenoxy) is 7. The van der Waals surface area contributed by atoms with Crippen LogP contribution in [0.25, 0.3) is 0 Å². The van der Waals surface area contributed by atoms with Gasteiger partial charge in [-0.15, -0.1) is 11.6 Å². The van der Waals surface area contributed by atoms with Crippen LogP contribution in [0.15, 0.2) is 0 Å². The van der Waals surface area contributed by atoms with E-state index in [0.717, 1.165) is 0 Å². The molecule has 0 unspecified atom stereocenters. The van der Waals surface area contributed by atoms with Gasteiger partial charge < -0.3 is 38.3 Å². The first kappa shape index (κ1) is 32.0. The molecule has 0 bridgehead atoms. The number of carboxylic acid groups (broad SMARTS) is 1. The van der Waals surface area contributed by atoms with Crippen molar-refractivity contribution in [3.05, 3.63) is 0 Å². The maximum atomic E-state index is 11.6. The quantitative estimate of drug-likeness (QED) is 0.160. The van der Waals surface area contributed by atoms with Gasteiger partial charge in [-0.25, -0.2) is 14.4 Å². The van der Waals surface area contributed by atoms with Crippen molar-refractivity contribution in [1.29, 1.82) is 0 Å². The van der Waals surface area contributed by atoms with Gasteiger partial charge >= 0.3 is 30.4 Å². The van der Waals surface area contributed by atoms with E-state index < -0.39 is 51.9 Å². The lowest BCUT2D eigenvalue weighted by Gasteiger charge is -2.29. The normalized spacial score (nSPS) is 20.6. The Kier molecular flexibility index (Phi) is 12.2. The van der Waals surface area contributed by atoms with E-state index in [1.165, 1.54) is 6.92 Å². The summed E-state index contributed by atoms with van der Waals surface area (Å²) >= 11 is 10.7. The van der Waals surface area contributed by atoms with Crippen molar-refractivity contribution in [2.45, 2.75) is 27.2 Å². The Morgan fingerprint density at radius 1 is 0.757 bits per heavy atom. The Balaban J connectivity index is 0.000000283. The first-order valence-corrected chi connectivity index (χ1v) is 11.6. The molecule has 3 saturated heterocycles. The van der Waals surface area contributed by atoms with Gasteiger partial charge in [-0.3, -0.25) is 14.4 Å². The molecule has 0 spiro atoms. The molecule has 0 saturated carbocycles. The van der Waals surface area contributed by atoms with Crippen molar-refractivity contribution in [1.82, 2.24) is 0 Å². The molecular weight excluding hydrogens is 547 g/mol. The second kappa shape index (κ2) is 14.1. The molecule has 16 heteroatoms. The van der Waals surface area contributed by atoms with Gasteiger partial charge in [0.15, 0.2) is 0 Å². The first-order chi connectivity index (χ1) is 17.2. The third kappa shape index (κ3) is 10.1. The number of esters is 1. The molecule has 3 heterocycles. The van der Waals surface area contributed by atoms with Gasteiger partial charge in [-0.2, -0.15) is 0 Å². The van der Waals surface area contributed by atoms with E-state index in [9.17, 15) is 28.8 Å². The van der Waals surface area contributed by atoms with Gasteiger partial charge in [0.2, 0.25) is 5.24 Å². The summed E-state index contributed by atoms with van der Waals surface area (Å²) in [7, 11) is 0. The third-order valence-corrected chi connectivity index (χ3v) is 5.77. The number of carboxylic acids is 1. The summed E-state index contributed by atoms with van der Waals surface area (Å²) in [5, 5.41) is 8.06. The summed E-state index contributed by atoms with van der Waals surface area (Å²) in [4.78, 5) is 64.1. The van der Waals surface area contributed by atoms with E-state index in [1.54, 1.807) is 13.8 Å².